The molecule has 5 aromatic heterocycles. The number of rotatable bonds is 6. The number of benzene rings is 4. The molecule has 9 aromatic rings. The second-order valence-corrected chi connectivity index (χ2v) is 15.3. The van der Waals surface area contributed by atoms with E-state index in [-0.39, 0.29) is 22.6 Å². The fourth-order valence-corrected chi connectivity index (χ4v) is 8.69. The molecule has 306 valence electrons. The molecule has 2 aliphatic heterocycles. The molecule has 0 radical (unpaired) electrons. The van der Waals surface area contributed by atoms with E-state index in [0.29, 0.717) is 77.8 Å². The summed E-state index contributed by atoms with van der Waals surface area (Å²) in [6.45, 7) is 0. The summed E-state index contributed by atoms with van der Waals surface area (Å²) >= 11 is 0. The maximum atomic E-state index is 12.0. The Hall–Kier alpha value is -9.16. The zero-order valence-electron chi connectivity index (χ0n) is 33.4. The van der Waals surface area contributed by atoms with Gasteiger partial charge in [-0.15, -0.1) is 0 Å². The average molecular weight is 837 g/mol. The lowest BCUT2D eigenvalue weighted by Crippen LogP contribution is -1.95. The lowest BCUT2D eigenvalue weighted by atomic mass is 9.98. The number of nitrogens with one attached hydrogen (secondary N) is 2. The number of phenolic OH excluding ortho intramolecular Hbond substituents is 2. The van der Waals surface area contributed by atoms with E-state index in [1.807, 2.05) is 85.0 Å². The van der Waals surface area contributed by atoms with Crippen LogP contribution < -0.4 is 0 Å². The van der Waals surface area contributed by atoms with Crippen LogP contribution in [0.1, 0.15) is 43.5 Å². The van der Waals surface area contributed by atoms with Gasteiger partial charge in [0, 0.05) is 67.5 Å². The highest BCUT2D eigenvalue weighted by Gasteiger charge is 2.22. The number of aromatic amines is 2. The molecular formula is C52H32N6O6. The van der Waals surface area contributed by atoms with Crippen molar-refractivity contribution in [3.63, 3.8) is 0 Å². The molecule has 2 aliphatic rings. The Labute approximate surface area is 362 Å². The van der Waals surface area contributed by atoms with Crippen LogP contribution in [0.15, 0.2) is 134 Å². The van der Waals surface area contributed by atoms with Crippen LogP contribution in [0.25, 0.3) is 113 Å². The SMILES string of the molecule is O=C(O)c1ccc(-c2c3nc(c(-c4ccc(O)c5ncccc45)c4ccc([nH]4)c(-c4ccc(C(=O)O)cc4)c4nc(c(-c5ccc(O)c6ncccc56)c5ccc2[nH]5)C=C4)C=C3)cc1. The number of carboxylic acid groups (broad SMARTS) is 2. The van der Waals surface area contributed by atoms with Crippen molar-refractivity contribution >= 4 is 80.1 Å². The lowest BCUT2D eigenvalue weighted by molar-refractivity contribution is 0.0686. The minimum Gasteiger partial charge on any atom is -0.506 e. The second kappa shape index (κ2) is 14.8. The summed E-state index contributed by atoms with van der Waals surface area (Å²) in [7, 11) is 0. The predicted octanol–water partition coefficient (Wildman–Crippen LogP) is 11.2. The molecule has 0 saturated heterocycles. The first-order valence-corrected chi connectivity index (χ1v) is 20.2. The minimum atomic E-state index is -1.04. The summed E-state index contributed by atoms with van der Waals surface area (Å²) in [5.74, 6) is -2.02. The van der Waals surface area contributed by atoms with E-state index in [0.717, 1.165) is 33.4 Å². The largest absolute Gasteiger partial charge is 0.506 e. The highest BCUT2D eigenvalue weighted by atomic mass is 16.4. The molecule has 8 bridgehead atoms. The number of H-pyrrole nitrogens is 2. The van der Waals surface area contributed by atoms with Crippen LogP contribution >= 0.6 is 0 Å². The Balaban J connectivity index is 1.32. The van der Waals surface area contributed by atoms with Crippen molar-refractivity contribution in [1.82, 2.24) is 29.9 Å². The number of aromatic nitrogens is 6. The summed E-state index contributed by atoms with van der Waals surface area (Å²) in [6, 6.07) is 35.5. The molecule has 7 heterocycles. The Bertz CT molecular complexity index is 3450. The molecule has 6 N–H and O–H groups in total. The number of carbonyl (C=O) groups is 2. The van der Waals surface area contributed by atoms with E-state index in [1.165, 1.54) is 0 Å². The molecule has 12 nitrogen and oxygen atoms in total. The van der Waals surface area contributed by atoms with Crippen LogP contribution in [-0.4, -0.2) is 62.3 Å². The molecule has 0 aliphatic carbocycles. The highest BCUT2D eigenvalue weighted by molar-refractivity contribution is 6.07. The van der Waals surface area contributed by atoms with Gasteiger partial charge in [0.25, 0.3) is 0 Å². The van der Waals surface area contributed by atoms with Gasteiger partial charge in [-0.2, -0.15) is 0 Å². The van der Waals surface area contributed by atoms with E-state index < -0.39 is 11.9 Å². The van der Waals surface area contributed by atoms with Crippen LogP contribution in [0.5, 0.6) is 11.5 Å². The van der Waals surface area contributed by atoms with Crippen molar-refractivity contribution in [1.29, 1.82) is 0 Å². The molecule has 64 heavy (non-hydrogen) atoms. The van der Waals surface area contributed by atoms with Crippen LogP contribution in [0.4, 0.5) is 0 Å². The minimum absolute atomic E-state index is 0.0331. The molecule has 12 heteroatoms. The predicted molar refractivity (Wildman–Crippen MR) is 248 cm³/mol. The molecule has 0 fully saturated rings. The number of pyridine rings is 2. The van der Waals surface area contributed by atoms with Crippen LogP contribution in [0.2, 0.25) is 0 Å². The van der Waals surface area contributed by atoms with Crippen molar-refractivity contribution in [3.8, 4) is 56.0 Å². The first-order chi connectivity index (χ1) is 31.2. The summed E-state index contributed by atoms with van der Waals surface area (Å²) < 4.78 is 0. The zero-order valence-corrected chi connectivity index (χ0v) is 33.4. The summed E-state index contributed by atoms with van der Waals surface area (Å²) in [6.07, 6.45) is 11.0. The van der Waals surface area contributed by atoms with E-state index in [2.05, 4.69) is 19.9 Å². The van der Waals surface area contributed by atoms with Crippen molar-refractivity contribution in [2.75, 3.05) is 0 Å². The molecule has 0 amide bonds. The fraction of sp³-hybridized carbons (Fsp3) is 0. The molecule has 0 spiro atoms. The maximum absolute atomic E-state index is 12.0. The number of hydrogen-bond donors (Lipinski definition) is 6. The Morgan fingerprint density at radius 2 is 0.781 bits per heavy atom. The maximum Gasteiger partial charge on any atom is 0.335 e. The normalized spacial score (nSPS) is 12.0. The van der Waals surface area contributed by atoms with Gasteiger partial charge in [-0.3, -0.25) is 9.97 Å². The van der Waals surface area contributed by atoms with Gasteiger partial charge in [0.15, 0.2) is 0 Å². The van der Waals surface area contributed by atoms with E-state index in [1.54, 1.807) is 73.1 Å². The number of fused-ring (bicyclic) bond motifs is 10. The standard InChI is InChI=1S/C52H32N6O6/c59-43-23-13-31(33-3-1-25-53-49(33)43)47-39-19-15-35(55-39)45(27-5-9-29(10-6-27)51(61)62)37-17-21-41(57-37)48(32-14-24-44(60)50-34(32)4-2-26-54-50)42-22-18-38(58-42)46(36-16-20-40(47)56-36)28-7-11-30(12-8-28)52(63)64/h1-26,55,58-60H,(H,61,62)(H,63,64). The van der Waals surface area contributed by atoms with Gasteiger partial charge in [0.1, 0.15) is 22.5 Å². The topological polar surface area (TPSA) is 198 Å². The van der Waals surface area contributed by atoms with Gasteiger partial charge in [-0.1, -0.05) is 36.4 Å². The third kappa shape index (κ3) is 6.24. The van der Waals surface area contributed by atoms with Crippen molar-refractivity contribution in [3.05, 3.63) is 168 Å². The quantitative estimate of drug-likeness (QED) is 0.0937. The second-order valence-electron chi connectivity index (χ2n) is 15.3. The van der Waals surface area contributed by atoms with Crippen LogP contribution in [0, 0.1) is 0 Å². The first kappa shape index (κ1) is 37.8. The van der Waals surface area contributed by atoms with Crippen molar-refractivity contribution in [2.24, 2.45) is 0 Å². The Morgan fingerprint density at radius 3 is 1.16 bits per heavy atom. The van der Waals surface area contributed by atoms with Crippen molar-refractivity contribution in [2.45, 2.75) is 0 Å². The van der Waals surface area contributed by atoms with Gasteiger partial charge in [0.05, 0.1) is 33.9 Å². The summed E-state index contributed by atoms with van der Waals surface area (Å²) in [5.41, 5.74) is 12.1. The zero-order chi connectivity index (χ0) is 43.6. The first-order valence-electron chi connectivity index (χ1n) is 20.2. The molecule has 0 atom stereocenters. The highest BCUT2D eigenvalue weighted by Crippen LogP contribution is 2.42. The van der Waals surface area contributed by atoms with Crippen LogP contribution in [-0.2, 0) is 0 Å². The lowest BCUT2D eigenvalue weighted by Gasteiger charge is -2.10. The molecule has 4 aromatic carbocycles. The van der Waals surface area contributed by atoms with Crippen molar-refractivity contribution < 1.29 is 30.0 Å². The fourth-order valence-electron chi connectivity index (χ4n) is 8.69. The molecule has 0 saturated carbocycles. The number of hydrogen-bond acceptors (Lipinski definition) is 8. The monoisotopic (exact) mass is 836 g/mol. The third-order valence-electron chi connectivity index (χ3n) is 11.6. The molecular weight excluding hydrogens is 805 g/mol. The van der Waals surface area contributed by atoms with Gasteiger partial charge in [-0.25, -0.2) is 19.6 Å². The van der Waals surface area contributed by atoms with Gasteiger partial charge >= 0.3 is 11.9 Å². The van der Waals surface area contributed by atoms with E-state index >= 15 is 0 Å². The van der Waals surface area contributed by atoms with Gasteiger partial charge in [0.2, 0.25) is 0 Å². The third-order valence-corrected chi connectivity index (χ3v) is 11.6. The summed E-state index contributed by atoms with van der Waals surface area (Å²) in [5, 5.41) is 42.8. The van der Waals surface area contributed by atoms with Gasteiger partial charge < -0.3 is 30.4 Å². The Kier molecular flexibility index (Phi) is 8.73. The van der Waals surface area contributed by atoms with E-state index in [4.69, 9.17) is 9.97 Å². The number of nitrogens with zero attached hydrogens (tertiary/aromatic N) is 4. The number of aromatic carboxylic acids is 2. The number of carboxylic acids is 2. The summed E-state index contributed by atoms with van der Waals surface area (Å²) in [4.78, 5) is 50.9. The number of phenols is 2. The Morgan fingerprint density at radius 1 is 0.422 bits per heavy atom. The van der Waals surface area contributed by atoms with Crippen LogP contribution in [0.3, 0.4) is 0 Å². The van der Waals surface area contributed by atoms with E-state index in [9.17, 15) is 30.0 Å². The number of aromatic hydroxyl groups is 2. The molecule has 0 unspecified atom stereocenters. The average Bonchev–Trinajstić information content (AvgIpc) is 4.17. The smallest absolute Gasteiger partial charge is 0.335 e. The molecule has 11 rings (SSSR count). The van der Waals surface area contributed by atoms with Gasteiger partial charge in [-0.05, 0) is 131 Å².